The number of halogens is 1. The Morgan fingerprint density at radius 2 is 1.85 bits per heavy atom. The van der Waals surface area contributed by atoms with Crippen LogP contribution in [-0.2, 0) is 20.8 Å². The van der Waals surface area contributed by atoms with Crippen molar-refractivity contribution in [2.45, 2.75) is 37.8 Å². The van der Waals surface area contributed by atoms with E-state index >= 15 is 4.39 Å². The van der Waals surface area contributed by atoms with E-state index in [9.17, 15) is 9.59 Å². The van der Waals surface area contributed by atoms with Crippen molar-refractivity contribution in [3.05, 3.63) is 47.3 Å². The molecule has 0 radical (unpaired) electrons. The lowest BCUT2D eigenvalue weighted by Gasteiger charge is -2.32. The van der Waals surface area contributed by atoms with Gasteiger partial charge in [0.15, 0.2) is 0 Å². The molecule has 34 heavy (non-hydrogen) atoms. The van der Waals surface area contributed by atoms with Gasteiger partial charge in [-0.2, -0.15) is 0 Å². The number of anilines is 1. The summed E-state index contributed by atoms with van der Waals surface area (Å²) in [6, 6.07) is 8.64. The van der Waals surface area contributed by atoms with Crippen LogP contribution in [0.15, 0.2) is 35.2 Å². The molecule has 0 N–H and O–H groups in total. The molecule has 1 amide bonds. The van der Waals surface area contributed by atoms with Crippen LogP contribution in [0.4, 0.5) is 14.9 Å². The highest BCUT2D eigenvalue weighted by atomic mass is 32.2. The number of thioether (sulfide) groups is 1. The summed E-state index contributed by atoms with van der Waals surface area (Å²) >= 11 is 1.47. The van der Waals surface area contributed by atoms with Crippen molar-refractivity contribution in [1.29, 1.82) is 0 Å². The fourth-order valence-corrected chi connectivity index (χ4v) is 5.17. The minimum atomic E-state index is -0.579. The summed E-state index contributed by atoms with van der Waals surface area (Å²) in [7, 11) is 1.29. The Labute approximate surface area is 203 Å². The predicted octanol–water partition coefficient (Wildman–Crippen LogP) is 4.92. The molecular formula is C25H29FN2O5S. The third-order valence-electron chi connectivity index (χ3n) is 5.61. The van der Waals surface area contributed by atoms with Crippen LogP contribution in [0.25, 0.3) is 11.1 Å². The number of carbonyl (C=O) groups is 2. The van der Waals surface area contributed by atoms with E-state index in [0.717, 1.165) is 16.0 Å². The van der Waals surface area contributed by atoms with Crippen LogP contribution >= 0.6 is 11.8 Å². The monoisotopic (exact) mass is 488 g/mol. The van der Waals surface area contributed by atoms with Crippen molar-refractivity contribution in [2.24, 2.45) is 0 Å². The van der Waals surface area contributed by atoms with E-state index in [2.05, 4.69) is 0 Å². The predicted molar refractivity (Wildman–Crippen MR) is 129 cm³/mol. The highest BCUT2D eigenvalue weighted by Crippen LogP contribution is 2.41. The zero-order valence-corrected chi connectivity index (χ0v) is 20.7. The van der Waals surface area contributed by atoms with Crippen LogP contribution in [0.3, 0.4) is 0 Å². The molecule has 2 aromatic rings. The summed E-state index contributed by atoms with van der Waals surface area (Å²) in [6.07, 6.45) is -0.376. The van der Waals surface area contributed by atoms with Crippen LogP contribution in [0, 0.1) is 5.82 Å². The second-order valence-electron chi connectivity index (χ2n) is 9.19. The van der Waals surface area contributed by atoms with Gasteiger partial charge in [0.25, 0.3) is 0 Å². The fourth-order valence-electron chi connectivity index (χ4n) is 4.04. The molecule has 2 aliphatic heterocycles. The largest absolute Gasteiger partial charge is 0.465 e. The Balaban J connectivity index is 1.71. The summed E-state index contributed by atoms with van der Waals surface area (Å²) in [6.45, 7) is 8.14. The van der Waals surface area contributed by atoms with Gasteiger partial charge in [-0.25, -0.2) is 14.0 Å². The molecule has 0 aromatic heterocycles. The first-order chi connectivity index (χ1) is 16.2. The topological polar surface area (TPSA) is 68.3 Å². The van der Waals surface area contributed by atoms with Crippen LogP contribution in [-0.4, -0.2) is 61.9 Å². The van der Waals surface area contributed by atoms with Gasteiger partial charge in [-0.3, -0.25) is 4.90 Å². The van der Waals surface area contributed by atoms with Crippen molar-refractivity contribution in [3.8, 4) is 11.1 Å². The number of carbonyl (C=O) groups excluding carboxylic acids is 2. The molecule has 0 unspecified atom stereocenters. The number of ether oxygens (including phenoxy) is 3. The van der Waals surface area contributed by atoms with Crippen molar-refractivity contribution >= 4 is 29.5 Å². The standard InChI is InChI=1S/C25H29FN2O5S/c1-25(2,3)33-24(30)28-14-16-6-5-7-17(22(16)34-15-28)18-13-21(27-8-10-32-11-9-27)19(12-20(18)26)23(29)31-4/h5-7,12-13H,8-11,14-15H2,1-4H3. The second-order valence-corrected chi connectivity index (χ2v) is 10.1. The van der Waals surface area contributed by atoms with Crippen molar-refractivity contribution in [1.82, 2.24) is 4.90 Å². The summed E-state index contributed by atoms with van der Waals surface area (Å²) in [4.78, 5) is 29.5. The molecule has 7 nitrogen and oxygen atoms in total. The minimum Gasteiger partial charge on any atom is -0.465 e. The Kier molecular flexibility index (Phi) is 7.04. The van der Waals surface area contributed by atoms with E-state index in [1.54, 1.807) is 11.0 Å². The average Bonchev–Trinajstić information content (AvgIpc) is 2.82. The molecule has 4 rings (SSSR count). The molecule has 1 saturated heterocycles. The summed E-state index contributed by atoms with van der Waals surface area (Å²) in [5, 5.41) is 0. The molecule has 2 aromatic carbocycles. The number of nitrogens with zero attached hydrogens (tertiary/aromatic N) is 2. The number of benzene rings is 2. The van der Waals surface area contributed by atoms with E-state index in [1.807, 2.05) is 43.9 Å². The van der Waals surface area contributed by atoms with Gasteiger partial charge < -0.3 is 19.1 Å². The Hall–Kier alpha value is -2.78. The maximum atomic E-state index is 15.4. The average molecular weight is 489 g/mol. The van der Waals surface area contributed by atoms with Crippen LogP contribution in [0.5, 0.6) is 0 Å². The normalized spacial score (nSPS) is 16.1. The fraction of sp³-hybridized carbons (Fsp3) is 0.440. The van der Waals surface area contributed by atoms with E-state index in [-0.39, 0.29) is 11.7 Å². The van der Waals surface area contributed by atoms with Crippen LogP contribution in [0.1, 0.15) is 36.7 Å². The molecule has 2 aliphatic rings. The lowest BCUT2D eigenvalue weighted by Crippen LogP contribution is -2.37. The molecule has 2 heterocycles. The molecule has 0 bridgehead atoms. The third kappa shape index (κ3) is 5.15. The maximum absolute atomic E-state index is 15.4. The number of fused-ring (bicyclic) bond motifs is 1. The molecule has 9 heteroatoms. The van der Waals surface area contributed by atoms with Gasteiger partial charge in [-0.15, -0.1) is 11.8 Å². The van der Waals surface area contributed by atoms with Crippen molar-refractivity contribution < 1.29 is 28.2 Å². The summed E-state index contributed by atoms with van der Waals surface area (Å²) in [5.41, 5.74) is 2.30. The molecule has 0 atom stereocenters. The van der Waals surface area contributed by atoms with Crippen molar-refractivity contribution in [3.63, 3.8) is 0 Å². The number of morpholine rings is 1. The smallest absolute Gasteiger partial charge is 0.411 e. The van der Waals surface area contributed by atoms with E-state index in [4.69, 9.17) is 14.2 Å². The zero-order valence-electron chi connectivity index (χ0n) is 19.9. The van der Waals surface area contributed by atoms with Gasteiger partial charge in [0.05, 0.1) is 44.0 Å². The maximum Gasteiger partial charge on any atom is 0.411 e. The van der Waals surface area contributed by atoms with Crippen molar-refractivity contribution in [2.75, 3.05) is 44.2 Å². The van der Waals surface area contributed by atoms with Crippen LogP contribution in [0.2, 0.25) is 0 Å². The van der Waals surface area contributed by atoms with Gasteiger partial charge in [-0.05, 0) is 44.0 Å². The number of amides is 1. The number of methoxy groups -OCH3 is 1. The van der Waals surface area contributed by atoms with Gasteiger partial charge >= 0.3 is 12.1 Å². The first-order valence-corrected chi connectivity index (χ1v) is 12.1. The molecule has 0 spiro atoms. The number of hydrogen-bond acceptors (Lipinski definition) is 7. The molecule has 0 aliphatic carbocycles. The number of esters is 1. The summed E-state index contributed by atoms with van der Waals surface area (Å²) < 4.78 is 31.3. The van der Waals surface area contributed by atoms with Crippen LogP contribution < -0.4 is 4.90 Å². The molecule has 1 fully saturated rings. The molecule has 182 valence electrons. The lowest BCUT2D eigenvalue weighted by molar-refractivity contribution is 0.0268. The van der Waals surface area contributed by atoms with Gasteiger partial charge in [0.1, 0.15) is 11.4 Å². The van der Waals surface area contributed by atoms with Gasteiger partial charge in [-0.1, -0.05) is 18.2 Å². The van der Waals surface area contributed by atoms with Gasteiger partial charge in [0, 0.05) is 23.5 Å². The lowest BCUT2D eigenvalue weighted by atomic mass is 9.98. The first-order valence-electron chi connectivity index (χ1n) is 11.2. The minimum absolute atomic E-state index is 0.194. The number of hydrogen-bond donors (Lipinski definition) is 0. The second kappa shape index (κ2) is 9.84. The summed E-state index contributed by atoms with van der Waals surface area (Å²) in [5.74, 6) is -0.678. The highest BCUT2D eigenvalue weighted by molar-refractivity contribution is 7.99. The molecule has 0 saturated carbocycles. The molecular weight excluding hydrogens is 459 g/mol. The van der Waals surface area contributed by atoms with Gasteiger partial charge in [0.2, 0.25) is 0 Å². The quantitative estimate of drug-likeness (QED) is 0.569. The van der Waals surface area contributed by atoms with E-state index in [0.29, 0.717) is 50.0 Å². The number of rotatable bonds is 3. The zero-order chi connectivity index (χ0) is 24.5. The Morgan fingerprint density at radius 3 is 2.53 bits per heavy atom. The third-order valence-corrected chi connectivity index (χ3v) is 6.82. The SMILES string of the molecule is COC(=O)c1cc(F)c(-c2cccc3c2SCN(C(=O)OC(C)(C)C)C3)cc1N1CCOCC1. The van der Waals surface area contributed by atoms with E-state index in [1.165, 1.54) is 24.9 Å². The Morgan fingerprint density at radius 1 is 1.12 bits per heavy atom. The van der Waals surface area contributed by atoms with E-state index < -0.39 is 17.4 Å². The Bertz CT molecular complexity index is 1100. The highest BCUT2D eigenvalue weighted by Gasteiger charge is 2.29. The first kappa shape index (κ1) is 24.3.